The molecule has 1 heterocycles. The number of hydrogen-bond donors (Lipinski definition) is 1. The maximum atomic E-state index is 5.00. The number of rotatable bonds is 8. The van der Waals surface area contributed by atoms with Gasteiger partial charge in [-0.3, -0.25) is 0 Å². The average Bonchev–Trinajstić information content (AvgIpc) is 2.50. The number of ether oxygens (including phenoxy) is 1. The van der Waals surface area contributed by atoms with Crippen molar-refractivity contribution in [3.05, 3.63) is 0 Å². The Kier molecular flexibility index (Phi) is 8.31. The summed E-state index contributed by atoms with van der Waals surface area (Å²) in [5, 5.41) is 3.40. The lowest BCUT2D eigenvalue weighted by Crippen LogP contribution is -2.29. The highest BCUT2D eigenvalue weighted by Gasteiger charge is 2.23. The Bertz CT molecular complexity index is 212. The van der Waals surface area contributed by atoms with Crippen molar-refractivity contribution in [1.29, 1.82) is 0 Å². The van der Waals surface area contributed by atoms with Crippen molar-refractivity contribution in [2.75, 3.05) is 52.2 Å². The molecule has 1 saturated heterocycles. The molecule has 0 aliphatic carbocycles. The maximum absolute atomic E-state index is 5.00. The van der Waals surface area contributed by atoms with Crippen molar-refractivity contribution in [2.24, 2.45) is 0 Å². The monoisotopic (exact) mass is 274 g/mol. The Morgan fingerprint density at radius 1 is 1.22 bits per heavy atom. The normalized spacial score (nSPS) is 20.8. The lowest BCUT2D eigenvalue weighted by atomic mass is 10.1. The van der Waals surface area contributed by atoms with Crippen LogP contribution in [-0.4, -0.2) is 61.8 Å². The first-order chi connectivity index (χ1) is 8.64. The quantitative estimate of drug-likeness (QED) is 0.686. The van der Waals surface area contributed by atoms with Gasteiger partial charge in [-0.2, -0.15) is 11.8 Å². The molecule has 0 spiro atoms. The van der Waals surface area contributed by atoms with Gasteiger partial charge in [0.05, 0.1) is 6.61 Å². The predicted molar refractivity (Wildman–Crippen MR) is 81.6 cm³/mol. The minimum Gasteiger partial charge on any atom is -0.383 e. The number of methoxy groups -OCH3 is 1. The van der Waals surface area contributed by atoms with Gasteiger partial charge in [0.2, 0.25) is 0 Å². The van der Waals surface area contributed by atoms with E-state index < -0.39 is 0 Å². The van der Waals surface area contributed by atoms with Crippen LogP contribution in [0, 0.1) is 0 Å². The van der Waals surface area contributed by atoms with Crippen molar-refractivity contribution in [3.63, 3.8) is 0 Å². The summed E-state index contributed by atoms with van der Waals surface area (Å²) < 4.78 is 5.49. The van der Waals surface area contributed by atoms with Crippen LogP contribution in [-0.2, 0) is 4.74 Å². The van der Waals surface area contributed by atoms with E-state index in [-0.39, 0.29) is 0 Å². The molecular formula is C14H30N2OS. The molecule has 108 valence electrons. The molecule has 0 atom stereocenters. The molecule has 1 aliphatic rings. The fourth-order valence-corrected chi connectivity index (χ4v) is 3.31. The Hall–Kier alpha value is 0.230. The van der Waals surface area contributed by atoms with Crippen LogP contribution in [0.2, 0.25) is 0 Å². The maximum Gasteiger partial charge on any atom is 0.0587 e. The molecule has 0 bridgehead atoms. The molecule has 1 N–H and O–H groups in total. The summed E-state index contributed by atoms with van der Waals surface area (Å²) in [5.41, 5.74) is 0. The lowest BCUT2D eigenvalue weighted by molar-refractivity contribution is 0.199. The molecule has 0 unspecified atom stereocenters. The van der Waals surface area contributed by atoms with Crippen molar-refractivity contribution in [3.8, 4) is 0 Å². The molecule has 0 radical (unpaired) electrons. The minimum absolute atomic E-state index is 0.483. The molecule has 1 aliphatic heterocycles. The lowest BCUT2D eigenvalue weighted by Gasteiger charge is -2.22. The van der Waals surface area contributed by atoms with Crippen molar-refractivity contribution in [1.82, 2.24) is 10.2 Å². The largest absolute Gasteiger partial charge is 0.383 e. The fourth-order valence-electron chi connectivity index (χ4n) is 2.17. The van der Waals surface area contributed by atoms with E-state index in [2.05, 4.69) is 35.8 Å². The van der Waals surface area contributed by atoms with Gasteiger partial charge < -0.3 is 15.0 Å². The molecule has 4 heteroatoms. The summed E-state index contributed by atoms with van der Waals surface area (Å²) in [6, 6.07) is 0. The van der Waals surface area contributed by atoms with Gasteiger partial charge in [0, 0.05) is 30.7 Å². The standard InChI is InChI=1S/C14H30N2OS/c1-14(2)6-10-16(11-13-18-14)9-5-4-7-15-8-12-17-3/h15H,4-13H2,1-3H3. The smallest absolute Gasteiger partial charge is 0.0587 e. The topological polar surface area (TPSA) is 24.5 Å². The van der Waals surface area contributed by atoms with Gasteiger partial charge in [0.25, 0.3) is 0 Å². The minimum atomic E-state index is 0.483. The van der Waals surface area contributed by atoms with E-state index in [1.807, 2.05) is 0 Å². The number of hydrogen-bond acceptors (Lipinski definition) is 4. The Morgan fingerprint density at radius 2 is 2.06 bits per heavy atom. The van der Waals surface area contributed by atoms with Crippen LogP contribution in [0.3, 0.4) is 0 Å². The second-order valence-corrected chi connectivity index (χ2v) is 7.45. The zero-order valence-electron chi connectivity index (χ0n) is 12.3. The fraction of sp³-hybridized carbons (Fsp3) is 1.00. The van der Waals surface area contributed by atoms with Crippen molar-refractivity contribution < 1.29 is 4.74 Å². The van der Waals surface area contributed by atoms with Gasteiger partial charge in [-0.05, 0) is 38.9 Å². The van der Waals surface area contributed by atoms with E-state index in [0.29, 0.717) is 4.75 Å². The zero-order valence-corrected chi connectivity index (χ0v) is 13.2. The highest BCUT2D eigenvalue weighted by atomic mass is 32.2. The summed E-state index contributed by atoms with van der Waals surface area (Å²) in [5.74, 6) is 1.29. The Balaban J connectivity index is 1.99. The van der Waals surface area contributed by atoms with Crippen LogP contribution in [0.5, 0.6) is 0 Å². The first kappa shape index (κ1) is 16.3. The molecule has 1 rings (SSSR count). The van der Waals surface area contributed by atoms with Crippen LogP contribution in [0.4, 0.5) is 0 Å². The SMILES string of the molecule is COCCNCCCCN1CCSC(C)(C)CC1. The van der Waals surface area contributed by atoms with E-state index in [9.17, 15) is 0 Å². The summed E-state index contributed by atoms with van der Waals surface area (Å²) in [6.45, 7) is 11.5. The van der Waals surface area contributed by atoms with E-state index in [1.165, 1.54) is 44.6 Å². The van der Waals surface area contributed by atoms with Crippen LogP contribution >= 0.6 is 11.8 Å². The third-order valence-electron chi connectivity index (χ3n) is 3.49. The van der Waals surface area contributed by atoms with Crippen molar-refractivity contribution in [2.45, 2.75) is 37.9 Å². The average molecular weight is 274 g/mol. The number of nitrogens with zero attached hydrogens (tertiary/aromatic N) is 1. The zero-order chi connectivity index (χ0) is 13.3. The van der Waals surface area contributed by atoms with E-state index in [4.69, 9.17) is 4.74 Å². The third-order valence-corrected chi connectivity index (χ3v) is 4.86. The highest BCUT2D eigenvalue weighted by molar-refractivity contribution is 8.00. The van der Waals surface area contributed by atoms with Gasteiger partial charge in [0.15, 0.2) is 0 Å². The van der Waals surface area contributed by atoms with Gasteiger partial charge in [-0.25, -0.2) is 0 Å². The molecule has 18 heavy (non-hydrogen) atoms. The molecular weight excluding hydrogens is 244 g/mol. The molecule has 0 aromatic carbocycles. The number of unbranched alkanes of at least 4 members (excludes halogenated alkanes) is 1. The summed E-state index contributed by atoms with van der Waals surface area (Å²) in [4.78, 5) is 2.64. The summed E-state index contributed by atoms with van der Waals surface area (Å²) in [7, 11) is 1.75. The second kappa shape index (κ2) is 9.18. The first-order valence-corrected chi connectivity index (χ1v) is 8.18. The van der Waals surface area contributed by atoms with E-state index in [1.54, 1.807) is 7.11 Å². The molecule has 3 nitrogen and oxygen atoms in total. The first-order valence-electron chi connectivity index (χ1n) is 7.20. The van der Waals surface area contributed by atoms with Crippen LogP contribution < -0.4 is 5.32 Å². The van der Waals surface area contributed by atoms with E-state index >= 15 is 0 Å². The predicted octanol–water partition coefficient (Wildman–Crippen LogP) is 2.22. The molecule has 1 fully saturated rings. The summed E-state index contributed by atoms with van der Waals surface area (Å²) >= 11 is 2.13. The van der Waals surface area contributed by atoms with Gasteiger partial charge in [-0.15, -0.1) is 0 Å². The highest BCUT2D eigenvalue weighted by Crippen LogP contribution is 2.30. The number of thioether (sulfide) groups is 1. The molecule has 0 aromatic rings. The van der Waals surface area contributed by atoms with Gasteiger partial charge in [-0.1, -0.05) is 13.8 Å². The van der Waals surface area contributed by atoms with Gasteiger partial charge in [0.1, 0.15) is 0 Å². The molecule has 0 amide bonds. The second-order valence-electron chi connectivity index (χ2n) is 5.65. The van der Waals surface area contributed by atoms with Crippen LogP contribution in [0.15, 0.2) is 0 Å². The molecule has 0 saturated carbocycles. The van der Waals surface area contributed by atoms with Crippen LogP contribution in [0.1, 0.15) is 33.1 Å². The van der Waals surface area contributed by atoms with Crippen LogP contribution in [0.25, 0.3) is 0 Å². The van der Waals surface area contributed by atoms with E-state index in [0.717, 1.165) is 19.7 Å². The Morgan fingerprint density at radius 3 is 2.83 bits per heavy atom. The van der Waals surface area contributed by atoms with Gasteiger partial charge >= 0.3 is 0 Å². The molecule has 0 aromatic heterocycles. The van der Waals surface area contributed by atoms with Crippen molar-refractivity contribution >= 4 is 11.8 Å². The Labute approximate surface area is 117 Å². The summed E-state index contributed by atoms with van der Waals surface area (Å²) in [6.07, 6.45) is 3.91. The number of nitrogens with one attached hydrogen (secondary N) is 1. The third kappa shape index (κ3) is 7.62.